The first-order valence-corrected chi connectivity index (χ1v) is 6.31. The van der Waals surface area contributed by atoms with Crippen LogP contribution in [0.2, 0.25) is 0 Å². The van der Waals surface area contributed by atoms with Crippen LogP contribution in [-0.4, -0.2) is 24.7 Å². The Hall–Kier alpha value is -1.62. The van der Waals surface area contributed by atoms with E-state index in [4.69, 9.17) is 12.2 Å². The predicted molar refractivity (Wildman–Crippen MR) is 76.9 cm³/mol. The number of carbonyl (C=O) groups excluding carboxylic acids is 1. The van der Waals surface area contributed by atoms with E-state index in [9.17, 15) is 4.79 Å². The fraction of sp³-hybridized carbons (Fsp3) is 0.385. The van der Waals surface area contributed by atoms with Crippen molar-refractivity contribution in [2.24, 2.45) is 0 Å². The summed E-state index contributed by atoms with van der Waals surface area (Å²) in [5.41, 5.74) is 1.37. The molecule has 0 fully saturated rings. The molecule has 0 heterocycles. The highest BCUT2D eigenvalue weighted by molar-refractivity contribution is 7.80. The number of ether oxygens (including phenoxy) is 1. The first-order valence-electron chi connectivity index (χ1n) is 5.90. The van der Waals surface area contributed by atoms with Gasteiger partial charge in [0.05, 0.1) is 12.7 Å². The van der Waals surface area contributed by atoms with Crippen molar-refractivity contribution in [3.05, 3.63) is 29.8 Å². The van der Waals surface area contributed by atoms with Crippen LogP contribution in [0, 0.1) is 0 Å². The van der Waals surface area contributed by atoms with E-state index in [1.807, 2.05) is 0 Å². The van der Waals surface area contributed by atoms with Crippen molar-refractivity contribution in [1.29, 1.82) is 0 Å². The average molecular weight is 266 g/mol. The fourth-order valence-corrected chi connectivity index (χ4v) is 1.58. The Bertz CT molecular complexity index is 404. The second-order valence-electron chi connectivity index (χ2n) is 3.80. The summed E-state index contributed by atoms with van der Waals surface area (Å²) < 4.78 is 4.63. The van der Waals surface area contributed by atoms with Crippen molar-refractivity contribution >= 4 is 29.0 Å². The number of carbonyl (C=O) groups is 1. The summed E-state index contributed by atoms with van der Waals surface area (Å²) in [6.45, 7) is 2.99. The summed E-state index contributed by atoms with van der Waals surface area (Å²) in [5, 5.41) is 6.75. The van der Waals surface area contributed by atoms with Gasteiger partial charge in [-0.05, 0) is 42.9 Å². The predicted octanol–water partition coefficient (Wildman–Crippen LogP) is 2.56. The van der Waals surface area contributed by atoms with Gasteiger partial charge in [0.15, 0.2) is 5.11 Å². The average Bonchev–Trinajstić information content (AvgIpc) is 2.39. The number of esters is 1. The van der Waals surface area contributed by atoms with Crippen LogP contribution in [0.3, 0.4) is 0 Å². The zero-order chi connectivity index (χ0) is 13.4. The van der Waals surface area contributed by atoms with Gasteiger partial charge in [-0.3, -0.25) is 0 Å². The second kappa shape index (κ2) is 7.66. The number of anilines is 1. The number of rotatable bonds is 5. The molecule has 0 unspecified atom stereocenters. The lowest BCUT2D eigenvalue weighted by atomic mass is 10.2. The minimum absolute atomic E-state index is 0.342. The molecule has 4 nitrogen and oxygen atoms in total. The Labute approximate surface area is 113 Å². The standard InChI is InChI=1S/C13H18N2O2S/c1-3-4-9-14-13(18)15-11-7-5-10(6-8-11)12(16)17-2/h5-8H,3-4,9H2,1-2H3,(H2,14,15,18). The van der Waals surface area contributed by atoms with Crippen molar-refractivity contribution < 1.29 is 9.53 Å². The molecule has 98 valence electrons. The summed E-state index contributed by atoms with van der Waals surface area (Å²) in [6.07, 6.45) is 2.21. The molecular weight excluding hydrogens is 248 g/mol. The lowest BCUT2D eigenvalue weighted by molar-refractivity contribution is 0.0601. The molecule has 0 spiro atoms. The number of hydrogen-bond donors (Lipinski definition) is 2. The number of nitrogens with one attached hydrogen (secondary N) is 2. The molecule has 0 saturated heterocycles. The van der Waals surface area contributed by atoms with Gasteiger partial charge in [0.2, 0.25) is 0 Å². The smallest absolute Gasteiger partial charge is 0.337 e. The Kier molecular flexibility index (Phi) is 6.14. The molecule has 0 bridgehead atoms. The van der Waals surface area contributed by atoms with Crippen molar-refractivity contribution in [3.63, 3.8) is 0 Å². The maximum absolute atomic E-state index is 11.2. The number of unbranched alkanes of at least 4 members (excludes halogenated alkanes) is 1. The molecule has 1 aromatic rings. The third-order valence-electron chi connectivity index (χ3n) is 2.38. The highest BCUT2D eigenvalue weighted by atomic mass is 32.1. The van der Waals surface area contributed by atoms with Crippen LogP contribution in [0.4, 0.5) is 5.69 Å². The van der Waals surface area contributed by atoms with E-state index in [0.29, 0.717) is 10.7 Å². The van der Waals surface area contributed by atoms with Gasteiger partial charge in [-0.2, -0.15) is 0 Å². The van der Waals surface area contributed by atoms with Crippen molar-refractivity contribution in [3.8, 4) is 0 Å². The molecule has 18 heavy (non-hydrogen) atoms. The minimum Gasteiger partial charge on any atom is -0.465 e. The molecular formula is C13H18N2O2S. The summed E-state index contributed by atoms with van der Waals surface area (Å²) in [7, 11) is 1.36. The van der Waals surface area contributed by atoms with Gasteiger partial charge in [0.25, 0.3) is 0 Å². The third kappa shape index (κ3) is 4.71. The molecule has 0 atom stereocenters. The number of methoxy groups -OCH3 is 1. The highest BCUT2D eigenvalue weighted by Crippen LogP contribution is 2.10. The van der Waals surface area contributed by atoms with Crippen LogP contribution < -0.4 is 10.6 Å². The minimum atomic E-state index is -0.342. The Morgan fingerprint density at radius 1 is 1.33 bits per heavy atom. The first-order chi connectivity index (χ1) is 8.67. The Balaban J connectivity index is 2.48. The molecule has 0 aromatic heterocycles. The van der Waals surface area contributed by atoms with Crippen molar-refractivity contribution in [2.45, 2.75) is 19.8 Å². The van der Waals surface area contributed by atoms with E-state index < -0.39 is 0 Å². The van der Waals surface area contributed by atoms with Gasteiger partial charge in [-0.25, -0.2) is 4.79 Å². The number of thiocarbonyl (C=S) groups is 1. The van der Waals surface area contributed by atoms with E-state index >= 15 is 0 Å². The SMILES string of the molecule is CCCCNC(=S)Nc1ccc(C(=O)OC)cc1. The fourth-order valence-electron chi connectivity index (χ4n) is 1.36. The van der Waals surface area contributed by atoms with E-state index in [1.54, 1.807) is 24.3 Å². The summed E-state index contributed by atoms with van der Waals surface area (Å²) in [5.74, 6) is -0.342. The maximum atomic E-state index is 11.2. The largest absolute Gasteiger partial charge is 0.465 e. The van der Waals surface area contributed by atoms with Gasteiger partial charge >= 0.3 is 5.97 Å². The summed E-state index contributed by atoms with van der Waals surface area (Å²) in [4.78, 5) is 11.2. The zero-order valence-corrected chi connectivity index (χ0v) is 11.5. The lowest BCUT2D eigenvalue weighted by Gasteiger charge is -2.10. The Morgan fingerprint density at radius 3 is 2.56 bits per heavy atom. The normalized spacial score (nSPS) is 9.67. The molecule has 1 aromatic carbocycles. The van der Waals surface area contributed by atoms with Crippen LogP contribution >= 0.6 is 12.2 Å². The van der Waals surface area contributed by atoms with E-state index in [2.05, 4.69) is 22.3 Å². The third-order valence-corrected chi connectivity index (χ3v) is 2.63. The van der Waals surface area contributed by atoms with E-state index in [0.717, 1.165) is 25.1 Å². The van der Waals surface area contributed by atoms with Gasteiger partial charge in [0.1, 0.15) is 0 Å². The molecule has 0 radical (unpaired) electrons. The molecule has 0 aliphatic rings. The van der Waals surface area contributed by atoms with E-state index in [-0.39, 0.29) is 5.97 Å². The van der Waals surface area contributed by atoms with Crippen LogP contribution in [0.5, 0.6) is 0 Å². The van der Waals surface area contributed by atoms with Crippen LogP contribution in [-0.2, 0) is 4.74 Å². The van der Waals surface area contributed by atoms with Gasteiger partial charge in [-0.1, -0.05) is 13.3 Å². The molecule has 0 amide bonds. The van der Waals surface area contributed by atoms with Crippen LogP contribution in [0.1, 0.15) is 30.1 Å². The summed E-state index contributed by atoms with van der Waals surface area (Å²) in [6, 6.07) is 6.98. The number of benzene rings is 1. The molecule has 0 aliphatic heterocycles. The van der Waals surface area contributed by atoms with E-state index in [1.165, 1.54) is 7.11 Å². The molecule has 5 heteroatoms. The van der Waals surface area contributed by atoms with Crippen molar-refractivity contribution in [1.82, 2.24) is 5.32 Å². The number of hydrogen-bond acceptors (Lipinski definition) is 3. The van der Waals surface area contributed by atoms with Gasteiger partial charge in [-0.15, -0.1) is 0 Å². The topological polar surface area (TPSA) is 50.4 Å². The molecule has 0 aliphatic carbocycles. The molecule has 0 saturated carbocycles. The highest BCUT2D eigenvalue weighted by Gasteiger charge is 2.04. The van der Waals surface area contributed by atoms with Crippen LogP contribution in [0.25, 0.3) is 0 Å². The van der Waals surface area contributed by atoms with Crippen LogP contribution in [0.15, 0.2) is 24.3 Å². The van der Waals surface area contributed by atoms with Gasteiger partial charge in [0, 0.05) is 12.2 Å². The van der Waals surface area contributed by atoms with Gasteiger partial charge < -0.3 is 15.4 Å². The second-order valence-corrected chi connectivity index (χ2v) is 4.21. The monoisotopic (exact) mass is 266 g/mol. The Morgan fingerprint density at radius 2 is 2.00 bits per heavy atom. The first kappa shape index (κ1) is 14.4. The summed E-state index contributed by atoms with van der Waals surface area (Å²) >= 11 is 5.14. The van der Waals surface area contributed by atoms with Crippen molar-refractivity contribution in [2.75, 3.05) is 19.0 Å². The zero-order valence-electron chi connectivity index (χ0n) is 10.7. The maximum Gasteiger partial charge on any atom is 0.337 e. The molecule has 1 rings (SSSR count). The lowest BCUT2D eigenvalue weighted by Crippen LogP contribution is -2.29. The quantitative estimate of drug-likeness (QED) is 0.487. The molecule has 2 N–H and O–H groups in total.